The molecule has 0 aliphatic carbocycles. The van der Waals surface area contributed by atoms with Crippen LogP contribution in [0.3, 0.4) is 0 Å². The molecule has 0 spiro atoms. The molecular formula is C12H12O4. The molecule has 4 nitrogen and oxygen atoms in total. The van der Waals surface area contributed by atoms with E-state index >= 15 is 0 Å². The number of ketones is 1. The number of aromatic hydroxyl groups is 1. The molecule has 0 saturated heterocycles. The van der Waals surface area contributed by atoms with Crippen LogP contribution in [0.25, 0.3) is 0 Å². The van der Waals surface area contributed by atoms with E-state index in [9.17, 15) is 14.7 Å². The van der Waals surface area contributed by atoms with E-state index in [1.165, 1.54) is 19.1 Å². The summed E-state index contributed by atoms with van der Waals surface area (Å²) in [5.74, 6) is -0.143. The van der Waals surface area contributed by atoms with Gasteiger partial charge in [-0.05, 0) is 31.5 Å². The zero-order valence-electron chi connectivity index (χ0n) is 8.90. The van der Waals surface area contributed by atoms with Gasteiger partial charge in [0.15, 0.2) is 0 Å². The molecule has 1 unspecified atom stereocenters. The highest BCUT2D eigenvalue weighted by Gasteiger charge is 2.33. The normalized spacial score (nSPS) is 18.1. The van der Waals surface area contributed by atoms with Gasteiger partial charge in [0.05, 0.1) is 5.92 Å². The molecule has 1 aliphatic heterocycles. The summed E-state index contributed by atoms with van der Waals surface area (Å²) in [7, 11) is 0. The first-order chi connectivity index (χ1) is 7.58. The van der Waals surface area contributed by atoms with Crippen LogP contribution in [0.2, 0.25) is 0 Å². The van der Waals surface area contributed by atoms with E-state index in [0.29, 0.717) is 24.2 Å². The molecule has 16 heavy (non-hydrogen) atoms. The van der Waals surface area contributed by atoms with Crippen molar-refractivity contribution in [3.8, 4) is 11.5 Å². The van der Waals surface area contributed by atoms with Gasteiger partial charge in [0, 0.05) is 12.0 Å². The van der Waals surface area contributed by atoms with Gasteiger partial charge in [-0.3, -0.25) is 4.79 Å². The van der Waals surface area contributed by atoms with Crippen LogP contribution in [0.15, 0.2) is 18.2 Å². The summed E-state index contributed by atoms with van der Waals surface area (Å²) in [6.45, 7) is 1.49. The predicted octanol–water partition coefficient (Wildman–Crippen LogP) is 1.76. The maximum Gasteiger partial charge on any atom is 0.318 e. The molecule has 2 rings (SSSR count). The largest absolute Gasteiger partial charge is 0.508 e. The number of ether oxygens (including phenoxy) is 1. The third-order valence-electron chi connectivity index (χ3n) is 2.65. The minimum absolute atomic E-state index is 0.0430. The van der Waals surface area contributed by atoms with Crippen LogP contribution in [0, 0.1) is 0 Å². The van der Waals surface area contributed by atoms with E-state index in [4.69, 9.17) is 4.74 Å². The van der Waals surface area contributed by atoms with Crippen LogP contribution in [-0.2, 0) is 9.59 Å². The molecule has 1 heterocycles. The maximum atomic E-state index is 11.5. The van der Waals surface area contributed by atoms with E-state index in [-0.39, 0.29) is 17.5 Å². The van der Waals surface area contributed by atoms with Crippen molar-refractivity contribution >= 4 is 11.8 Å². The summed E-state index contributed by atoms with van der Waals surface area (Å²) in [6, 6.07) is 4.56. The van der Waals surface area contributed by atoms with Gasteiger partial charge in [0.25, 0.3) is 0 Å². The van der Waals surface area contributed by atoms with Crippen molar-refractivity contribution < 1.29 is 19.4 Å². The number of phenolic OH excluding ortho intramolecular Hbond substituents is 1. The first-order valence-electron chi connectivity index (χ1n) is 5.12. The monoisotopic (exact) mass is 220 g/mol. The predicted molar refractivity (Wildman–Crippen MR) is 56.4 cm³/mol. The minimum Gasteiger partial charge on any atom is -0.508 e. The SMILES string of the molecule is CC(=O)CCC1C(=O)Oc2ccc(O)cc21. The molecule has 1 aliphatic rings. The number of esters is 1. The molecule has 0 fully saturated rings. The standard InChI is InChI=1S/C12H12O4/c1-7(13)2-4-9-10-6-8(14)3-5-11(10)16-12(9)15/h3,5-6,9,14H,2,4H2,1H3. The van der Waals surface area contributed by atoms with Crippen molar-refractivity contribution in [3.05, 3.63) is 23.8 Å². The van der Waals surface area contributed by atoms with Crippen molar-refractivity contribution in [3.63, 3.8) is 0 Å². The van der Waals surface area contributed by atoms with Gasteiger partial charge in [0.2, 0.25) is 0 Å². The fourth-order valence-electron chi connectivity index (χ4n) is 1.83. The molecular weight excluding hydrogens is 208 g/mol. The number of Topliss-reactive ketones (excluding diaryl/α,β-unsaturated/α-hetero) is 1. The summed E-state index contributed by atoms with van der Waals surface area (Å²) >= 11 is 0. The zero-order chi connectivity index (χ0) is 11.7. The fourth-order valence-corrected chi connectivity index (χ4v) is 1.83. The van der Waals surface area contributed by atoms with Crippen LogP contribution in [0.4, 0.5) is 0 Å². The van der Waals surface area contributed by atoms with Crippen LogP contribution in [0.1, 0.15) is 31.2 Å². The molecule has 4 heteroatoms. The number of hydrogen-bond donors (Lipinski definition) is 1. The van der Waals surface area contributed by atoms with Gasteiger partial charge in [-0.1, -0.05) is 0 Å². The lowest BCUT2D eigenvalue weighted by Crippen LogP contribution is -2.11. The highest BCUT2D eigenvalue weighted by atomic mass is 16.5. The second-order valence-electron chi connectivity index (χ2n) is 3.94. The summed E-state index contributed by atoms with van der Waals surface area (Å²) in [5, 5.41) is 9.34. The second-order valence-corrected chi connectivity index (χ2v) is 3.94. The van der Waals surface area contributed by atoms with Gasteiger partial charge in [-0.2, -0.15) is 0 Å². The van der Waals surface area contributed by atoms with Crippen molar-refractivity contribution in [2.75, 3.05) is 0 Å². The number of fused-ring (bicyclic) bond motifs is 1. The fraction of sp³-hybridized carbons (Fsp3) is 0.333. The van der Waals surface area contributed by atoms with Crippen molar-refractivity contribution in [2.45, 2.75) is 25.7 Å². The molecule has 84 valence electrons. The van der Waals surface area contributed by atoms with Crippen LogP contribution >= 0.6 is 0 Å². The quantitative estimate of drug-likeness (QED) is 0.622. The van der Waals surface area contributed by atoms with Crippen LogP contribution in [0.5, 0.6) is 11.5 Å². The lowest BCUT2D eigenvalue weighted by molar-refractivity contribution is -0.134. The number of carbonyl (C=O) groups is 2. The first-order valence-corrected chi connectivity index (χ1v) is 5.12. The molecule has 0 aromatic heterocycles. The summed E-state index contributed by atoms with van der Waals surface area (Å²) in [6.07, 6.45) is 0.777. The highest BCUT2D eigenvalue weighted by molar-refractivity contribution is 5.87. The third kappa shape index (κ3) is 1.91. The Morgan fingerprint density at radius 1 is 1.50 bits per heavy atom. The van der Waals surface area contributed by atoms with Crippen molar-refractivity contribution in [2.24, 2.45) is 0 Å². The van der Waals surface area contributed by atoms with Crippen LogP contribution in [-0.4, -0.2) is 16.9 Å². The summed E-state index contributed by atoms with van der Waals surface area (Å²) in [5.41, 5.74) is 0.672. The maximum absolute atomic E-state index is 11.5. The van der Waals surface area contributed by atoms with E-state index in [1.54, 1.807) is 6.07 Å². The number of rotatable bonds is 3. The zero-order valence-corrected chi connectivity index (χ0v) is 8.90. The average Bonchev–Trinajstić information content (AvgIpc) is 2.51. The average molecular weight is 220 g/mol. The lowest BCUT2D eigenvalue weighted by Gasteiger charge is -2.05. The molecule has 0 bridgehead atoms. The number of hydrogen-bond acceptors (Lipinski definition) is 4. The Morgan fingerprint density at radius 3 is 2.94 bits per heavy atom. The summed E-state index contributed by atoms with van der Waals surface area (Å²) < 4.78 is 5.05. The van der Waals surface area contributed by atoms with Crippen LogP contribution < -0.4 is 4.74 Å². The van der Waals surface area contributed by atoms with E-state index in [0.717, 1.165) is 0 Å². The van der Waals surface area contributed by atoms with E-state index < -0.39 is 5.92 Å². The minimum atomic E-state index is -0.425. The molecule has 1 atom stereocenters. The molecule has 0 saturated carbocycles. The lowest BCUT2D eigenvalue weighted by atomic mass is 9.95. The van der Waals surface area contributed by atoms with E-state index in [1.807, 2.05) is 0 Å². The topological polar surface area (TPSA) is 63.6 Å². The molecule has 1 aromatic rings. The molecule has 1 N–H and O–H groups in total. The Labute approximate surface area is 92.8 Å². The molecule has 1 aromatic carbocycles. The van der Waals surface area contributed by atoms with Gasteiger partial charge in [-0.25, -0.2) is 0 Å². The van der Waals surface area contributed by atoms with Gasteiger partial charge >= 0.3 is 5.97 Å². The molecule has 0 radical (unpaired) electrons. The Hall–Kier alpha value is -1.84. The van der Waals surface area contributed by atoms with Gasteiger partial charge in [0.1, 0.15) is 17.3 Å². The highest BCUT2D eigenvalue weighted by Crippen LogP contribution is 2.39. The Bertz CT molecular complexity index is 450. The Kier molecular flexibility index (Phi) is 2.64. The number of carbonyl (C=O) groups excluding carboxylic acids is 2. The van der Waals surface area contributed by atoms with Crippen molar-refractivity contribution in [1.82, 2.24) is 0 Å². The first kappa shape index (κ1) is 10.7. The smallest absolute Gasteiger partial charge is 0.318 e. The van der Waals surface area contributed by atoms with Gasteiger partial charge in [-0.15, -0.1) is 0 Å². The second kappa shape index (κ2) is 3.96. The van der Waals surface area contributed by atoms with Crippen molar-refractivity contribution in [1.29, 1.82) is 0 Å². The Morgan fingerprint density at radius 2 is 2.25 bits per heavy atom. The van der Waals surface area contributed by atoms with Gasteiger partial charge < -0.3 is 14.6 Å². The molecule has 0 amide bonds. The Balaban J connectivity index is 2.24. The summed E-state index contributed by atoms with van der Waals surface area (Å²) in [4.78, 5) is 22.4. The number of benzene rings is 1. The van der Waals surface area contributed by atoms with E-state index in [2.05, 4.69) is 0 Å². The number of phenols is 1. The third-order valence-corrected chi connectivity index (χ3v) is 2.65.